The van der Waals surface area contributed by atoms with Gasteiger partial charge in [0.15, 0.2) is 0 Å². The Labute approximate surface area is 242 Å². The lowest BCUT2D eigenvalue weighted by atomic mass is 10.1. The van der Waals surface area contributed by atoms with Crippen molar-refractivity contribution in [3.8, 4) is 0 Å². The second-order valence-electron chi connectivity index (χ2n) is 8.63. The molecule has 0 aliphatic heterocycles. The van der Waals surface area contributed by atoms with Crippen LogP contribution in [0.5, 0.6) is 0 Å². The van der Waals surface area contributed by atoms with Gasteiger partial charge in [0.2, 0.25) is 0 Å². The zero-order chi connectivity index (χ0) is 26.2. The van der Waals surface area contributed by atoms with Gasteiger partial charge in [-0.05, 0) is 96.1 Å². The Balaban J connectivity index is 1.26. The Bertz CT molecular complexity index is 1360. The lowest BCUT2D eigenvalue weighted by Gasteiger charge is -2.15. The third-order valence-electron chi connectivity index (χ3n) is 5.85. The van der Waals surface area contributed by atoms with Crippen molar-refractivity contribution in [1.29, 1.82) is 0 Å². The van der Waals surface area contributed by atoms with Crippen molar-refractivity contribution in [3.63, 3.8) is 0 Å². The minimum atomic E-state index is 0.739. The average Bonchev–Trinajstić information content (AvgIpc) is 2.95. The maximum absolute atomic E-state index is 6.32. The van der Waals surface area contributed by atoms with E-state index in [1.54, 1.807) is 23.5 Å². The van der Waals surface area contributed by atoms with Crippen LogP contribution in [0, 0.1) is 0 Å². The van der Waals surface area contributed by atoms with Crippen LogP contribution in [0.4, 0.5) is 22.7 Å². The highest BCUT2D eigenvalue weighted by atomic mass is 35.5. The summed E-state index contributed by atoms with van der Waals surface area (Å²) in [5, 5.41) is 8.61. The van der Waals surface area contributed by atoms with E-state index in [1.807, 2.05) is 48.5 Å². The molecule has 5 aromatic rings. The maximum Gasteiger partial charge on any atom is 0.0426 e. The third kappa shape index (κ3) is 7.52. The first-order valence-corrected chi connectivity index (χ1v) is 14.9. The molecule has 0 saturated heterocycles. The normalized spacial score (nSPS) is 10.8. The van der Waals surface area contributed by atoms with Gasteiger partial charge in [-0.2, -0.15) is 0 Å². The first-order chi connectivity index (χ1) is 18.6. The second-order valence-corrected chi connectivity index (χ2v) is 11.6. The molecule has 0 bridgehead atoms. The molecule has 0 fully saturated rings. The van der Waals surface area contributed by atoms with Gasteiger partial charge in [-0.1, -0.05) is 59.6 Å². The van der Waals surface area contributed by atoms with Crippen LogP contribution in [0.3, 0.4) is 0 Å². The van der Waals surface area contributed by atoms with E-state index in [0.29, 0.717) is 0 Å². The van der Waals surface area contributed by atoms with Crippen LogP contribution in [-0.2, 0) is 11.5 Å². The van der Waals surface area contributed by atoms with Crippen molar-refractivity contribution in [2.24, 2.45) is 0 Å². The van der Waals surface area contributed by atoms with E-state index in [1.165, 1.54) is 9.79 Å². The van der Waals surface area contributed by atoms with E-state index < -0.39 is 0 Å². The van der Waals surface area contributed by atoms with Gasteiger partial charge < -0.3 is 10.6 Å². The molecule has 2 N–H and O–H groups in total. The molecule has 2 nitrogen and oxygen atoms in total. The zero-order valence-corrected chi connectivity index (χ0v) is 23.7. The molecular formula is C32H26Cl2N2S2. The van der Waals surface area contributed by atoms with Crippen LogP contribution in [0.1, 0.15) is 11.1 Å². The second kappa shape index (κ2) is 13.2. The topological polar surface area (TPSA) is 24.1 Å². The summed E-state index contributed by atoms with van der Waals surface area (Å²) >= 11 is 16.2. The number of anilines is 4. The molecule has 0 radical (unpaired) electrons. The number of nitrogens with one attached hydrogen (secondary N) is 2. The van der Waals surface area contributed by atoms with Crippen molar-refractivity contribution in [2.45, 2.75) is 21.3 Å². The SMILES string of the molecule is Clc1ccc(Nc2ccc(Nc3ccc(Cl)cc3CSc3ccccc3)cc2)c(CSc2ccccc2)c1. The summed E-state index contributed by atoms with van der Waals surface area (Å²) in [5.74, 6) is 1.65. The largest absolute Gasteiger partial charge is 0.355 e. The number of thioether (sulfide) groups is 2. The molecule has 0 heterocycles. The van der Waals surface area contributed by atoms with Gasteiger partial charge in [0.1, 0.15) is 0 Å². The maximum atomic E-state index is 6.32. The smallest absolute Gasteiger partial charge is 0.0426 e. The minimum Gasteiger partial charge on any atom is -0.355 e. The highest BCUT2D eigenvalue weighted by Crippen LogP contribution is 2.33. The first-order valence-electron chi connectivity index (χ1n) is 12.2. The van der Waals surface area contributed by atoms with Crippen LogP contribution in [0.25, 0.3) is 0 Å². The summed E-state index contributed by atoms with van der Waals surface area (Å²) < 4.78 is 0. The Hall–Kier alpha value is -3.02. The molecule has 0 aliphatic rings. The van der Waals surface area contributed by atoms with Gasteiger partial charge in [0.05, 0.1) is 0 Å². The van der Waals surface area contributed by atoms with Crippen LogP contribution in [0.2, 0.25) is 10.0 Å². The molecule has 0 unspecified atom stereocenters. The predicted molar refractivity (Wildman–Crippen MR) is 168 cm³/mol. The Morgan fingerprint density at radius 2 is 0.868 bits per heavy atom. The van der Waals surface area contributed by atoms with Crippen molar-refractivity contribution < 1.29 is 0 Å². The summed E-state index contributed by atoms with van der Waals surface area (Å²) in [6.45, 7) is 0. The lowest BCUT2D eigenvalue weighted by Crippen LogP contribution is -1.97. The fourth-order valence-corrected chi connectivity index (χ4v) is 6.12. The molecule has 0 spiro atoms. The third-order valence-corrected chi connectivity index (χ3v) is 8.44. The Morgan fingerprint density at radius 1 is 0.474 bits per heavy atom. The number of rotatable bonds is 10. The molecule has 5 aromatic carbocycles. The Morgan fingerprint density at radius 3 is 1.26 bits per heavy atom. The quantitative estimate of drug-likeness (QED) is 0.162. The molecule has 0 aromatic heterocycles. The van der Waals surface area contributed by atoms with Gasteiger partial charge in [-0.25, -0.2) is 0 Å². The van der Waals surface area contributed by atoms with Gasteiger partial charge in [0, 0.05) is 54.1 Å². The highest BCUT2D eigenvalue weighted by Gasteiger charge is 2.08. The fourth-order valence-electron chi connectivity index (χ4n) is 3.91. The van der Waals surface area contributed by atoms with Gasteiger partial charge in [-0.3, -0.25) is 0 Å². The van der Waals surface area contributed by atoms with E-state index >= 15 is 0 Å². The first kappa shape index (κ1) is 26.6. The highest BCUT2D eigenvalue weighted by molar-refractivity contribution is 7.98. The average molecular weight is 574 g/mol. The van der Waals surface area contributed by atoms with Gasteiger partial charge in [0.25, 0.3) is 0 Å². The van der Waals surface area contributed by atoms with Crippen LogP contribution < -0.4 is 10.6 Å². The van der Waals surface area contributed by atoms with E-state index in [4.69, 9.17) is 23.2 Å². The van der Waals surface area contributed by atoms with E-state index in [0.717, 1.165) is 55.4 Å². The molecule has 6 heteroatoms. The summed E-state index contributed by atoms with van der Waals surface area (Å²) in [4.78, 5) is 2.47. The van der Waals surface area contributed by atoms with Gasteiger partial charge >= 0.3 is 0 Å². The molecule has 0 saturated carbocycles. The molecule has 0 aliphatic carbocycles. The molecule has 0 amide bonds. The number of benzene rings is 5. The molecule has 190 valence electrons. The number of hydrogen-bond acceptors (Lipinski definition) is 4. The van der Waals surface area contributed by atoms with Crippen molar-refractivity contribution >= 4 is 69.5 Å². The van der Waals surface area contributed by atoms with Crippen molar-refractivity contribution in [1.82, 2.24) is 0 Å². The molecule has 5 rings (SSSR count). The van der Waals surface area contributed by atoms with E-state index in [9.17, 15) is 0 Å². The van der Waals surface area contributed by atoms with Gasteiger partial charge in [-0.15, -0.1) is 23.5 Å². The fraction of sp³-hybridized carbons (Fsp3) is 0.0625. The number of halogens is 2. The standard InChI is InChI=1S/C32H26Cl2N2S2/c33-25-11-17-31(23(19-25)21-37-29-7-3-1-4-8-29)35-27-13-15-28(16-14-27)36-32-18-12-26(34)20-24(32)22-38-30-9-5-2-6-10-30/h1-20,35-36H,21-22H2. The molecule has 0 atom stereocenters. The summed E-state index contributed by atoms with van der Waals surface area (Å²) in [5.41, 5.74) is 6.46. The van der Waals surface area contributed by atoms with E-state index in [2.05, 4.69) is 83.4 Å². The molecular weight excluding hydrogens is 547 g/mol. The van der Waals surface area contributed by atoms with Crippen LogP contribution in [0.15, 0.2) is 131 Å². The van der Waals surface area contributed by atoms with E-state index in [-0.39, 0.29) is 0 Å². The monoisotopic (exact) mass is 572 g/mol. The number of hydrogen-bond donors (Lipinski definition) is 2. The summed E-state index contributed by atoms with van der Waals surface area (Å²) in [7, 11) is 0. The molecule has 38 heavy (non-hydrogen) atoms. The summed E-state index contributed by atoms with van der Waals surface area (Å²) in [6.07, 6.45) is 0. The Kier molecular flexibility index (Phi) is 9.21. The van der Waals surface area contributed by atoms with Crippen LogP contribution >= 0.6 is 46.7 Å². The van der Waals surface area contributed by atoms with Crippen molar-refractivity contribution in [2.75, 3.05) is 10.6 Å². The van der Waals surface area contributed by atoms with Crippen molar-refractivity contribution in [3.05, 3.63) is 142 Å². The predicted octanol–water partition coefficient (Wildman–Crippen LogP) is 11.1. The lowest BCUT2D eigenvalue weighted by molar-refractivity contribution is 1.36. The minimum absolute atomic E-state index is 0.739. The summed E-state index contributed by atoms with van der Waals surface area (Å²) in [6, 6.07) is 41.1. The zero-order valence-electron chi connectivity index (χ0n) is 20.5. The van der Waals surface area contributed by atoms with Crippen LogP contribution in [-0.4, -0.2) is 0 Å².